The summed E-state index contributed by atoms with van der Waals surface area (Å²) in [7, 11) is 0. The Morgan fingerprint density at radius 3 is 2.61 bits per heavy atom. The lowest BCUT2D eigenvalue weighted by Crippen LogP contribution is -2.53. The first kappa shape index (κ1) is 27.1. The Labute approximate surface area is 205 Å². The number of hydrogen-bond acceptors (Lipinski definition) is 8. The number of aromatic nitrogens is 2. The van der Waals surface area contributed by atoms with Gasteiger partial charge >= 0.3 is 6.18 Å². The van der Waals surface area contributed by atoms with Crippen LogP contribution in [0.15, 0.2) is 30.6 Å². The van der Waals surface area contributed by atoms with Gasteiger partial charge in [-0.15, -0.1) is 0 Å². The number of aliphatic hydroxyl groups is 1. The van der Waals surface area contributed by atoms with Crippen LogP contribution >= 0.6 is 0 Å². The molecule has 2 heterocycles. The highest BCUT2D eigenvalue weighted by atomic mass is 19.4. The van der Waals surface area contributed by atoms with Crippen molar-refractivity contribution in [2.75, 3.05) is 36.4 Å². The van der Waals surface area contributed by atoms with E-state index in [4.69, 9.17) is 11.0 Å². The second kappa shape index (κ2) is 11.5. The van der Waals surface area contributed by atoms with Crippen molar-refractivity contribution in [3.05, 3.63) is 47.5 Å². The van der Waals surface area contributed by atoms with Crippen LogP contribution in [0.1, 0.15) is 24.5 Å². The lowest BCUT2D eigenvalue weighted by Gasteiger charge is -2.37. The number of β-amino-alcohol motifs (C(OH)–C–C–N with tert-alkyl or cyclic N) is 1. The summed E-state index contributed by atoms with van der Waals surface area (Å²) in [6.07, 6.45) is -3.70. The minimum Gasteiger partial charge on any atom is -0.391 e. The molecule has 4 N–H and O–H groups in total. The molecule has 1 aromatic carbocycles. The summed E-state index contributed by atoms with van der Waals surface area (Å²) in [5.74, 6) is -1.89. The maximum Gasteiger partial charge on any atom is 0.416 e. The Bertz CT molecular complexity index is 1090. The average molecular weight is 510 g/mol. The molecule has 1 unspecified atom stereocenters. The maximum atomic E-state index is 15.3. The fourth-order valence-corrected chi connectivity index (χ4v) is 4.09. The second-order valence-electron chi connectivity index (χ2n) is 8.49. The number of aliphatic hydroxyl groups excluding tert-OH is 1. The smallest absolute Gasteiger partial charge is 0.391 e. The van der Waals surface area contributed by atoms with Crippen LogP contribution in [-0.2, 0) is 17.5 Å². The minimum absolute atomic E-state index is 0.0106. The van der Waals surface area contributed by atoms with Crippen LogP contribution in [0.3, 0.4) is 0 Å². The van der Waals surface area contributed by atoms with Crippen LogP contribution < -0.4 is 16.0 Å². The minimum atomic E-state index is -4.44. The van der Waals surface area contributed by atoms with Gasteiger partial charge in [0.15, 0.2) is 17.7 Å². The fourth-order valence-electron chi connectivity index (χ4n) is 4.09. The molecule has 1 aliphatic heterocycles. The Hall–Kier alpha value is -3.50. The molecule has 1 aliphatic rings. The molecule has 3 rings (SSSR count). The van der Waals surface area contributed by atoms with Crippen molar-refractivity contribution < 1.29 is 27.5 Å². The van der Waals surface area contributed by atoms with Crippen LogP contribution in [-0.4, -0.2) is 64.2 Å². The summed E-state index contributed by atoms with van der Waals surface area (Å²) in [6.45, 7) is 2.86. The summed E-state index contributed by atoms with van der Waals surface area (Å²) in [6, 6.07) is 5.33. The molecule has 0 bridgehead atoms. The Balaban J connectivity index is 1.65. The average Bonchev–Trinajstić information content (AvgIpc) is 2.83. The number of likely N-dealkylation sites (tertiary alicyclic amines) is 1. The normalized spacial score (nSPS) is 19.4. The SMILES string of the molecule is CCN(Cc1ccc(C(F)(F)F)cc1)c1ncnc(NC[C@@H]2CCN(C(C#N)C(N)=O)C[C@H]2O)c1F. The van der Waals surface area contributed by atoms with Gasteiger partial charge in [0.25, 0.3) is 0 Å². The number of primary amides is 1. The number of hydrogen-bond donors (Lipinski definition) is 3. The number of benzene rings is 1. The molecular weight excluding hydrogens is 482 g/mol. The van der Waals surface area contributed by atoms with Gasteiger partial charge in [0.05, 0.1) is 17.7 Å². The third-order valence-corrected chi connectivity index (χ3v) is 6.15. The molecule has 0 saturated carbocycles. The highest BCUT2D eigenvalue weighted by Gasteiger charge is 2.34. The van der Waals surface area contributed by atoms with Crippen molar-refractivity contribution in [2.24, 2.45) is 11.7 Å². The lowest BCUT2D eigenvalue weighted by molar-refractivity contribution is -0.137. The number of nitriles is 1. The molecule has 9 nitrogen and oxygen atoms in total. The summed E-state index contributed by atoms with van der Waals surface area (Å²) in [4.78, 5) is 22.5. The molecule has 1 aromatic heterocycles. The molecule has 13 heteroatoms. The highest BCUT2D eigenvalue weighted by Crippen LogP contribution is 2.30. The van der Waals surface area contributed by atoms with Crippen molar-refractivity contribution in [2.45, 2.75) is 38.2 Å². The van der Waals surface area contributed by atoms with E-state index in [-0.39, 0.29) is 37.2 Å². The zero-order chi connectivity index (χ0) is 26.5. The monoisotopic (exact) mass is 509 g/mol. The molecule has 0 radical (unpaired) electrons. The van der Waals surface area contributed by atoms with E-state index in [1.54, 1.807) is 11.8 Å². The molecule has 3 atom stereocenters. The number of alkyl halides is 3. The molecule has 2 aromatic rings. The van der Waals surface area contributed by atoms with Gasteiger partial charge < -0.3 is 21.1 Å². The van der Waals surface area contributed by atoms with Gasteiger partial charge in [-0.3, -0.25) is 9.69 Å². The van der Waals surface area contributed by atoms with Crippen molar-refractivity contribution in [1.82, 2.24) is 14.9 Å². The molecule has 194 valence electrons. The van der Waals surface area contributed by atoms with Crippen molar-refractivity contribution in [3.63, 3.8) is 0 Å². The second-order valence-corrected chi connectivity index (χ2v) is 8.49. The number of anilines is 2. The number of nitrogens with two attached hydrogens (primary N) is 1. The van der Waals surface area contributed by atoms with Gasteiger partial charge in [0, 0.05) is 38.6 Å². The number of carbonyl (C=O) groups is 1. The molecular formula is C23H27F4N7O2. The number of amides is 1. The maximum absolute atomic E-state index is 15.3. The van der Waals surface area contributed by atoms with E-state index in [1.165, 1.54) is 23.4 Å². The number of nitrogens with zero attached hydrogens (tertiary/aromatic N) is 5. The summed E-state index contributed by atoms with van der Waals surface area (Å²) in [5, 5.41) is 22.5. The van der Waals surface area contributed by atoms with E-state index in [2.05, 4.69) is 15.3 Å². The zero-order valence-electron chi connectivity index (χ0n) is 19.5. The predicted octanol–water partition coefficient (Wildman–Crippen LogP) is 2.13. The molecule has 0 spiro atoms. The molecule has 1 saturated heterocycles. The van der Waals surface area contributed by atoms with E-state index in [1.807, 2.05) is 6.07 Å². The van der Waals surface area contributed by atoms with Gasteiger partial charge in [-0.05, 0) is 31.0 Å². The highest BCUT2D eigenvalue weighted by molar-refractivity contribution is 5.82. The van der Waals surface area contributed by atoms with Gasteiger partial charge in [-0.25, -0.2) is 9.97 Å². The van der Waals surface area contributed by atoms with Gasteiger partial charge in [-0.1, -0.05) is 12.1 Å². The number of piperidine rings is 1. The van der Waals surface area contributed by atoms with E-state index in [0.29, 0.717) is 25.1 Å². The van der Waals surface area contributed by atoms with Crippen molar-refractivity contribution >= 4 is 17.5 Å². The standard InChI is InChI=1S/C23H27F4N7O2/c1-2-33(11-14-3-5-16(6-4-14)23(25,26)27)22-19(24)21(31-13-32-22)30-10-15-7-8-34(12-18(15)35)17(9-28)20(29)36/h3-6,13,15,17-18,35H,2,7-8,10-12H2,1H3,(H2,29,36)(H,30,31,32)/t15-,17?,18+/m0/s1. The van der Waals surface area contributed by atoms with Gasteiger partial charge in [0.1, 0.15) is 6.33 Å². The molecule has 0 aliphatic carbocycles. The Morgan fingerprint density at radius 1 is 1.36 bits per heavy atom. The van der Waals surface area contributed by atoms with Crippen molar-refractivity contribution in [1.29, 1.82) is 5.26 Å². The summed E-state index contributed by atoms with van der Waals surface area (Å²) >= 11 is 0. The summed E-state index contributed by atoms with van der Waals surface area (Å²) < 4.78 is 53.7. The van der Waals surface area contributed by atoms with Crippen LogP contribution in [0, 0.1) is 23.1 Å². The molecule has 36 heavy (non-hydrogen) atoms. The first-order chi connectivity index (χ1) is 17.0. The number of halogens is 4. The van der Waals surface area contributed by atoms with Gasteiger partial charge in [0.2, 0.25) is 11.7 Å². The quantitative estimate of drug-likeness (QED) is 0.438. The Kier molecular flexibility index (Phi) is 8.65. The van der Waals surface area contributed by atoms with E-state index < -0.39 is 35.6 Å². The number of rotatable bonds is 9. The van der Waals surface area contributed by atoms with Crippen LogP contribution in [0.25, 0.3) is 0 Å². The largest absolute Gasteiger partial charge is 0.416 e. The lowest BCUT2D eigenvalue weighted by atomic mass is 9.92. The van der Waals surface area contributed by atoms with E-state index in [0.717, 1.165) is 12.1 Å². The third kappa shape index (κ3) is 6.38. The number of carbonyl (C=O) groups excluding carboxylic acids is 1. The predicted molar refractivity (Wildman–Crippen MR) is 123 cm³/mol. The zero-order valence-corrected chi connectivity index (χ0v) is 19.5. The van der Waals surface area contributed by atoms with E-state index in [9.17, 15) is 23.1 Å². The fraction of sp³-hybridized carbons (Fsp3) is 0.478. The van der Waals surface area contributed by atoms with Crippen molar-refractivity contribution in [3.8, 4) is 6.07 Å². The molecule has 1 amide bonds. The first-order valence-electron chi connectivity index (χ1n) is 11.3. The first-order valence-corrected chi connectivity index (χ1v) is 11.3. The number of nitrogens with one attached hydrogen (secondary N) is 1. The molecule has 1 fully saturated rings. The topological polar surface area (TPSA) is 131 Å². The Morgan fingerprint density at radius 2 is 2.06 bits per heavy atom. The summed E-state index contributed by atoms with van der Waals surface area (Å²) in [5.41, 5.74) is 5.02. The third-order valence-electron chi connectivity index (χ3n) is 6.15. The van der Waals surface area contributed by atoms with E-state index >= 15 is 4.39 Å². The van der Waals surface area contributed by atoms with Crippen LogP contribution in [0.4, 0.5) is 29.2 Å². The van der Waals surface area contributed by atoms with Crippen LogP contribution in [0.2, 0.25) is 0 Å². The van der Waals surface area contributed by atoms with Crippen LogP contribution in [0.5, 0.6) is 0 Å². The van der Waals surface area contributed by atoms with Gasteiger partial charge in [-0.2, -0.15) is 22.8 Å².